The SMILES string of the molecule is CCN(CC)CCc1ccon1. The Kier molecular flexibility index (Phi) is 3.80. The summed E-state index contributed by atoms with van der Waals surface area (Å²) in [6.07, 6.45) is 2.61. The summed E-state index contributed by atoms with van der Waals surface area (Å²) in [5.41, 5.74) is 1.04. The van der Waals surface area contributed by atoms with Crippen LogP contribution in [0.4, 0.5) is 0 Å². The van der Waals surface area contributed by atoms with Crippen LogP contribution >= 0.6 is 0 Å². The monoisotopic (exact) mass is 168 g/mol. The van der Waals surface area contributed by atoms with Crippen LogP contribution in [-0.2, 0) is 6.42 Å². The van der Waals surface area contributed by atoms with Crippen molar-refractivity contribution in [1.82, 2.24) is 10.1 Å². The molecule has 0 atom stereocenters. The van der Waals surface area contributed by atoms with Gasteiger partial charge in [-0.3, -0.25) is 0 Å². The maximum Gasteiger partial charge on any atom is 0.124 e. The lowest BCUT2D eigenvalue weighted by atomic mass is 10.3. The van der Waals surface area contributed by atoms with Gasteiger partial charge in [-0.2, -0.15) is 0 Å². The fourth-order valence-corrected chi connectivity index (χ4v) is 1.18. The van der Waals surface area contributed by atoms with Crippen molar-refractivity contribution in [2.75, 3.05) is 19.6 Å². The van der Waals surface area contributed by atoms with Crippen LogP contribution in [0.2, 0.25) is 0 Å². The zero-order valence-corrected chi connectivity index (χ0v) is 7.79. The first kappa shape index (κ1) is 9.26. The van der Waals surface area contributed by atoms with Gasteiger partial charge in [-0.05, 0) is 13.1 Å². The molecule has 68 valence electrons. The Morgan fingerprint density at radius 2 is 2.17 bits per heavy atom. The molecule has 0 radical (unpaired) electrons. The minimum atomic E-state index is 0.984. The molecule has 0 saturated heterocycles. The molecule has 0 bridgehead atoms. The molecule has 1 aromatic rings. The molecule has 0 aromatic carbocycles. The topological polar surface area (TPSA) is 29.3 Å². The molecule has 1 aromatic heterocycles. The van der Waals surface area contributed by atoms with Gasteiger partial charge in [0.25, 0.3) is 0 Å². The summed E-state index contributed by atoms with van der Waals surface area (Å²) < 4.78 is 4.75. The van der Waals surface area contributed by atoms with Crippen molar-refractivity contribution in [3.63, 3.8) is 0 Å². The van der Waals surface area contributed by atoms with Crippen LogP contribution < -0.4 is 0 Å². The van der Waals surface area contributed by atoms with Gasteiger partial charge in [0, 0.05) is 19.0 Å². The Labute approximate surface area is 73.3 Å². The summed E-state index contributed by atoms with van der Waals surface area (Å²) in [7, 11) is 0. The first-order chi connectivity index (χ1) is 5.86. The van der Waals surface area contributed by atoms with Gasteiger partial charge in [0.2, 0.25) is 0 Å². The fraction of sp³-hybridized carbons (Fsp3) is 0.667. The quantitative estimate of drug-likeness (QED) is 0.668. The average Bonchev–Trinajstić information content (AvgIpc) is 2.59. The van der Waals surface area contributed by atoms with Crippen molar-refractivity contribution in [2.24, 2.45) is 0 Å². The minimum absolute atomic E-state index is 0.984. The zero-order valence-electron chi connectivity index (χ0n) is 7.79. The van der Waals surface area contributed by atoms with E-state index in [9.17, 15) is 0 Å². The first-order valence-electron chi connectivity index (χ1n) is 4.48. The lowest BCUT2D eigenvalue weighted by Crippen LogP contribution is -2.25. The molecule has 0 unspecified atom stereocenters. The maximum absolute atomic E-state index is 4.75. The maximum atomic E-state index is 4.75. The average molecular weight is 168 g/mol. The van der Waals surface area contributed by atoms with E-state index in [1.54, 1.807) is 6.26 Å². The van der Waals surface area contributed by atoms with Crippen LogP contribution in [0.15, 0.2) is 16.9 Å². The Morgan fingerprint density at radius 1 is 1.42 bits per heavy atom. The van der Waals surface area contributed by atoms with E-state index in [1.165, 1.54) is 0 Å². The van der Waals surface area contributed by atoms with E-state index in [0.717, 1.165) is 31.7 Å². The Morgan fingerprint density at radius 3 is 2.67 bits per heavy atom. The third-order valence-corrected chi connectivity index (χ3v) is 2.07. The largest absolute Gasteiger partial charge is 0.365 e. The van der Waals surface area contributed by atoms with E-state index >= 15 is 0 Å². The van der Waals surface area contributed by atoms with Gasteiger partial charge in [0.15, 0.2) is 0 Å². The van der Waals surface area contributed by atoms with Crippen molar-refractivity contribution in [1.29, 1.82) is 0 Å². The molecule has 0 amide bonds. The molecule has 12 heavy (non-hydrogen) atoms. The molecule has 1 heterocycles. The predicted molar refractivity (Wildman–Crippen MR) is 48.0 cm³/mol. The molecular formula is C9H16N2O. The molecule has 1 rings (SSSR count). The van der Waals surface area contributed by atoms with E-state index in [-0.39, 0.29) is 0 Å². The van der Waals surface area contributed by atoms with Crippen LogP contribution in [0, 0.1) is 0 Å². The second-order valence-corrected chi connectivity index (χ2v) is 2.77. The van der Waals surface area contributed by atoms with Crippen LogP contribution in [0.3, 0.4) is 0 Å². The fourth-order valence-electron chi connectivity index (χ4n) is 1.18. The van der Waals surface area contributed by atoms with Gasteiger partial charge in [0.05, 0.1) is 5.69 Å². The predicted octanol–water partition coefficient (Wildman–Crippen LogP) is 1.56. The van der Waals surface area contributed by atoms with Crippen LogP contribution in [0.5, 0.6) is 0 Å². The van der Waals surface area contributed by atoms with Crippen LogP contribution in [0.25, 0.3) is 0 Å². The highest BCUT2D eigenvalue weighted by Crippen LogP contribution is 1.97. The van der Waals surface area contributed by atoms with Crippen molar-refractivity contribution in [3.05, 3.63) is 18.0 Å². The minimum Gasteiger partial charge on any atom is -0.365 e. The molecule has 0 fully saturated rings. The summed E-state index contributed by atoms with van der Waals surface area (Å²) in [6, 6.07) is 1.92. The number of aromatic nitrogens is 1. The molecular weight excluding hydrogens is 152 g/mol. The third kappa shape index (κ3) is 2.66. The van der Waals surface area contributed by atoms with Gasteiger partial charge in [-0.15, -0.1) is 0 Å². The van der Waals surface area contributed by atoms with Gasteiger partial charge in [0.1, 0.15) is 6.26 Å². The number of hydrogen-bond acceptors (Lipinski definition) is 3. The van der Waals surface area contributed by atoms with Crippen LogP contribution in [-0.4, -0.2) is 29.7 Å². The second-order valence-electron chi connectivity index (χ2n) is 2.77. The molecule has 0 spiro atoms. The first-order valence-corrected chi connectivity index (χ1v) is 4.48. The second kappa shape index (κ2) is 4.93. The smallest absolute Gasteiger partial charge is 0.124 e. The van der Waals surface area contributed by atoms with E-state index in [1.807, 2.05) is 6.07 Å². The molecule has 0 N–H and O–H groups in total. The Hall–Kier alpha value is -0.830. The van der Waals surface area contributed by atoms with Gasteiger partial charge in [-0.25, -0.2) is 0 Å². The molecule has 0 aliphatic carbocycles. The lowest BCUT2D eigenvalue weighted by molar-refractivity contribution is 0.304. The zero-order chi connectivity index (χ0) is 8.81. The summed E-state index contributed by atoms with van der Waals surface area (Å²) in [4.78, 5) is 2.37. The summed E-state index contributed by atoms with van der Waals surface area (Å²) in [6.45, 7) is 7.63. The molecule has 0 aliphatic rings. The number of rotatable bonds is 5. The van der Waals surface area contributed by atoms with Crippen molar-refractivity contribution in [3.8, 4) is 0 Å². The van der Waals surface area contributed by atoms with Crippen molar-refractivity contribution in [2.45, 2.75) is 20.3 Å². The van der Waals surface area contributed by atoms with Crippen molar-refractivity contribution < 1.29 is 4.52 Å². The molecule has 0 aliphatic heterocycles. The Balaban J connectivity index is 2.25. The van der Waals surface area contributed by atoms with Gasteiger partial charge in [-0.1, -0.05) is 19.0 Å². The highest BCUT2D eigenvalue weighted by Gasteiger charge is 2.01. The summed E-state index contributed by atoms with van der Waals surface area (Å²) in [5.74, 6) is 0. The van der Waals surface area contributed by atoms with Gasteiger partial charge < -0.3 is 9.42 Å². The van der Waals surface area contributed by atoms with Gasteiger partial charge >= 0.3 is 0 Å². The number of hydrogen-bond donors (Lipinski definition) is 0. The number of nitrogens with zero attached hydrogens (tertiary/aromatic N) is 2. The molecule has 3 heteroatoms. The van der Waals surface area contributed by atoms with E-state index in [0.29, 0.717) is 0 Å². The summed E-state index contributed by atoms with van der Waals surface area (Å²) >= 11 is 0. The van der Waals surface area contributed by atoms with Crippen LogP contribution in [0.1, 0.15) is 19.5 Å². The van der Waals surface area contributed by atoms with E-state index < -0.39 is 0 Å². The normalized spacial score (nSPS) is 10.9. The summed E-state index contributed by atoms with van der Waals surface area (Å²) in [5, 5.41) is 3.86. The number of likely N-dealkylation sites (N-methyl/N-ethyl adjacent to an activating group) is 1. The highest BCUT2D eigenvalue weighted by molar-refractivity contribution is 4.95. The Bertz CT molecular complexity index is 192. The molecule has 3 nitrogen and oxygen atoms in total. The van der Waals surface area contributed by atoms with E-state index in [2.05, 4.69) is 23.9 Å². The van der Waals surface area contributed by atoms with Crippen molar-refractivity contribution >= 4 is 0 Å². The standard InChI is InChI=1S/C9H16N2O/c1-3-11(4-2)7-5-9-6-8-12-10-9/h6,8H,3-5,7H2,1-2H3. The molecule has 0 saturated carbocycles. The van der Waals surface area contributed by atoms with E-state index in [4.69, 9.17) is 4.52 Å². The highest BCUT2D eigenvalue weighted by atomic mass is 16.5. The third-order valence-electron chi connectivity index (χ3n) is 2.07. The lowest BCUT2D eigenvalue weighted by Gasteiger charge is -2.16.